The molecule has 5 nitrogen and oxygen atoms in total. The molecular weight excluding hydrogens is 352 g/mol. The van der Waals surface area contributed by atoms with E-state index in [4.69, 9.17) is 4.74 Å². The lowest BCUT2D eigenvalue weighted by Crippen LogP contribution is -2.46. The summed E-state index contributed by atoms with van der Waals surface area (Å²) >= 11 is 0. The fourth-order valence-electron chi connectivity index (χ4n) is 3.46. The molecule has 1 aliphatic carbocycles. The van der Waals surface area contributed by atoms with Crippen molar-refractivity contribution in [2.24, 2.45) is 5.92 Å². The Labute approximate surface area is 145 Å². The molecule has 0 spiro atoms. The molecule has 2 fully saturated rings. The molecule has 8 heteroatoms. The van der Waals surface area contributed by atoms with Crippen molar-refractivity contribution in [2.75, 3.05) is 11.5 Å². The Morgan fingerprint density at radius 1 is 1.04 bits per heavy atom. The summed E-state index contributed by atoms with van der Waals surface area (Å²) in [6, 6.07) is 2.77. The van der Waals surface area contributed by atoms with Crippen molar-refractivity contribution in [1.82, 2.24) is 5.32 Å². The van der Waals surface area contributed by atoms with Crippen molar-refractivity contribution in [3.8, 4) is 5.75 Å². The lowest BCUT2D eigenvalue weighted by molar-refractivity contribution is -0.126. The second-order valence-corrected chi connectivity index (χ2v) is 9.04. The van der Waals surface area contributed by atoms with E-state index in [1.165, 1.54) is 0 Å². The van der Waals surface area contributed by atoms with Crippen LogP contribution in [0.3, 0.4) is 0 Å². The number of benzene rings is 1. The van der Waals surface area contributed by atoms with Gasteiger partial charge in [0.15, 0.2) is 0 Å². The average Bonchev–Trinajstić information content (AvgIpc) is 2.93. The maximum Gasteiger partial charge on any atom is 0.223 e. The van der Waals surface area contributed by atoms with Gasteiger partial charge >= 0.3 is 0 Å². The van der Waals surface area contributed by atoms with Gasteiger partial charge in [-0.1, -0.05) is 0 Å². The molecule has 3 rings (SSSR count). The van der Waals surface area contributed by atoms with Crippen molar-refractivity contribution in [1.29, 1.82) is 0 Å². The normalized spacial score (nSPS) is 26.3. The molecule has 0 radical (unpaired) electrons. The molecular formula is C17H21F2NO4S. The minimum absolute atomic E-state index is 0.0399. The van der Waals surface area contributed by atoms with Gasteiger partial charge in [-0.05, 0) is 32.1 Å². The lowest BCUT2D eigenvalue weighted by atomic mass is 10.0. The Morgan fingerprint density at radius 3 is 2.32 bits per heavy atom. The van der Waals surface area contributed by atoms with Crippen molar-refractivity contribution >= 4 is 15.7 Å². The van der Waals surface area contributed by atoms with Gasteiger partial charge in [0.1, 0.15) is 33.3 Å². The Morgan fingerprint density at radius 2 is 1.68 bits per heavy atom. The first-order valence-corrected chi connectivity index (χ1v) is 10.3. The van der Waals surface area contributed by atoms with Crippen molar-refractivity contribution in [3.05, 3.63) is 29.8 Å². The van der Waals surface area contributed by atoms with Crippen LogP contribution in [-0.4, -0.2) is 38.0 Å². The first kappa shape index (κ1) is 18.1. The number of halogens is 2. The minimum Gasteiger partial charge on any atom is -0.488 e. The maximum atomic E-state index is 13.3. The van der Waals surface area contributed by atoms with Gasteiger partial charge in [-0.15, -0.1) is 0 Å². The number of amides is 1. The third-order valence-corrected chi connectivity index (χ3v) is 6.54. The summed E-state index contributed by atoms with van der Waals surface area (Å²) in [5.41, 5.74) is 0. The average molecular weight is 373 g/mol. The van der Waals surface area contributed by atoms with Gasteiger partial charge < -0.3 is 10.1 Å². The molecule has 1 saturated carbocycles. The van der Waals surface area contributed by atoms with E-state index in [9.17, 15) is 22.0 Å². The Hall–Kier alpha value is -1.70. The molecule has 1 aliphatic heterocycles. The zero-order chi connectivity index (χ0) is 18.0. The van der Waals surface area contributed by atoms with Crippen LogP contribution < -0.4 is 10.1 Å². The van der Waals surface area contributed by atoms with Gasteiger partial charge in [-0.3, -0.25) is 4.79 Å². The molecule has 1 N–H and O–H groups in total. The Bertz CT molecular complexity index is 719. The number of nitrogens with one attached hydrogen (secondary N) is 1. The van der Waals surface area contributed by atoms with E-state index < -0.39 is 21.5 Å². The van der Waals surface area contributed by atoms with Crippen LogP contribution in [0.15, 0.2) is 18.2 Å². The predicted molar refractivity (Wildman–Crippen MR) is 87.9 cm³/mol. The summed E-state index contributed by atoms with van der Waals surface area (Å²) in [4.78, 5) is 12.4. The van der Waals surface area contributed by atoms with Crippen molar-refractivity contribution in [2.45, 2.75) is 44.2 Å². The zero-order valence-electron chi connectivity index (χ0n) is 13.7. The number of carbonyl (C=O) groups is 1. The van der Waals surface area contributed by atoms with Gasteiger partial charge in [0, 0.05) is 24.1 Å². The topological polar surface area (TPSA) is 72.5 Å². The molecule has 0 bridgehead atoms. The Kier molecular flexibility index (Phi) is 5.27. The standard InChI is InChI=1S/C17H21F2NO4S/c18-12-8-13(19)10-14(9-12)24-16-3-1-2-15(16)20-17(21)11-4-6-25(22,23)7-5-11/h8-11,15-16H,1-7H2,(H,20,21)/t15-,16+/m0/s1. The maximum absolute atomic E-state index is 13.3. The van der Waals surface area contributed by atoms with Gasteiger partial charge in [0.2, 0.25) is 5.91 Å². The van der Waals surface area contributed by atoms with Crippen LogP contribution in [-0.2, 0) is 14.6 Å². The molecule has 1 heterocycles. The summed E-state index contributed by atoms with van der Waals surface area (Å²) < 4.78 is 55.2. The van der Waals surface area contributed by atoms with Crippen LogP contribution >= 0.6 is 0 Å². The summed E-state index contributed by atoms with van der Waals surface area (Å²) in [5, 5.41) is 2.93. The molecule has 0 aromatic heterocycles. The van der Waals surface area contributed by atoms with E-state index in [2.05, 4.69) is 5.32 Å². The SMILES string of the molecule is O=C(N[C@H]1CCC[C@H]1Oc1cc(F)cc(F)c1)C1CCS(=O)(=O)CC1. The number of sulfone groups is 1. The van der Waals surface area contributed by atoms with Crippen LogP contribution in [0, 0.1) is 17.6 Å². The summed E-state index contributed by atoms with van der Waals surface area (Å²) in [6.07, 6.45) is 2.56. The Balaban J connectivity index is 1.59. The highest BCUT2D eigenvalue weighted by Gasteiger charge is 2.34. The van der Waals surface area contributed by atoms with E-state index in [1.54, 1.807) is 0 Å². The quantitative estimate of drug-likeness (QED) is 0.878. The van der Waals surface area contributed by atoms with E-state index in [0.29, 0.717) is 19.3 Å². The smallest absolute Gasteiger partial charge is 0.223 e. The number of carbonyl (C=O) groups excluding carboxylic acids is 1. The third kappa shape index (κ3) is 4.68. The first-order chi connectivity index (χ1) is 11.8. The zero-order valence-corrected chi connectivity index (χ0v) is 14.5. The van der Waals surface area contributed by atoms with Crippen molar-refractivity contribution < 1.29 is 26.7 Å². The monoisotopic (exact) mass is 373 g/mol. The van der Waals surface area contributed by atoms with Gasteiger partial charge in [-0.25, -0.2) is 17.2 Å². The minimum atomic E-state index is -3.01. The first-order valence-electron chi connectivity index (χ1n) is 8.46. The number of rotatable bonds is 4. The molecule has 0 unspecified atom stereocenters. The highest BCUT2D eigenvalue weighted by atomic mass is 32.2. The van der Waals surface area contributed by atoms with Crippen LogP contribution in [0.2, 0.25) is 0 Å². The largest absolute Gasteiger partial charge is 0.488 e. The molecule has 2 aliphatic rings. The van der Waals surface area contributed by atoms with E-state index >= 15 is 0 Å². The third-order valence-electron chi connectivity index (χ3n) is 4.83. The van der Waals surface area contributed by atoms with Gasteiger partial charge in [0.25, 0.3) is 0 Å². The predicted octanol–water partition coefficient (Wildman–Crippen LogP) is 2.21. The number of hydrogen-bond acceptors (Lipinski definition) is 4. The summed E-state index contributed by atoms with van der Waals surface area (Å²) in [7, 11) is -3.01. The molecule has 1 aromatic rings. The highest BCUT2D eigenvalue weighted by molar-refractivity contribution is 7.91. The van der Waals surface area contributed by atoms with Crippen LogP contribution in [0.4, 0.5) is 8.78 Å². The second-order valence-electron chi connectivity index (χ2n) is 6.73. The van der Waals surface area contributed by atoms with Gasteiger partial charge in [-0.2, -0.15) is 0 Å². The number of hydrogen-bond donors (Lipinski definition) is 1. The fourth-order valence-corrected chi connectivity index (χ4v) is 4.95. The van der Waals surface area contributed by atoms with Crippen LogP contribution in [0.25, 0.3) is 0 Å². The second kappa shape index (κ2) is 7.27. The van der Waals surface area contributed by atoms with E-state index in [-0.39, 0.29) is 41.2 Å². The highest BCUT2D eigenvalue weighted by Crippen LogP contribution is 2.27. The molecule has 1 saturated heterocycles. The molecule has 138 valence electrons. The van der Waals surface area contributed by atoms with E-state index in [1.807, 2.05) is 0 Å². The van der Waals surface area contributed by atoms with Crippen LogP contribution in [0.5, 0.6) is 5.75 Å². The molecule has 1 aromatic carbocycles. The summed E-state index contributed by atoms with van der Waals surface area (Å²) in [5.74, 6) is -1.71. The van der Waals surface area contributed by atoms with Crippen LogP contribution in [0.1, 0.15) is 32.1 Å². The molecule has 25 heavy (non-hydrogen) atoms. The molecule has 2 atom stereocenters. The fraction of sp³-hybridized carbons (Fsp3) is 0.588. The summed E-state index contributed by atoms with van der Waals surface area (Å²) in [6.45, 7) is 0. The van der Waals surface area contributed by atoms with Crippen molar-refractivity contribution in [3.63, 3.8) is 0 Å². The van der Waals surface area contributed by atoms with E-state index in [0.717, 1.165) is 31.0 Å². The molecule has 1 amide bonds. The lowest BCUT2D eigenvalue weighted by Gasteiger charge is -2.26. The number of ether oxygens (including phenoxy) is 1. The van der Waals surface area contributed by atoms with Gasteiger partial charge in [0.05, 0.1) is 17.5 Å².